The van der Waals surface area contributed by atoms with E-state index in [9.17, 15) is 4.79 Å². The molecule has 1 rings (SSSR count). The molecule has 1 aliphatic carbocycles. The molecule has 2 heteroatoms. The summed E-state index contributed by atoms with van der Waals surface area (Å²) in [4.78, 5) is 10.8. The highest BCUT2D eigenvalue weighted by atomic mass is 16.4. The first kappa shape index (κ1) is 10.6. The van der Waals surface area contributed by atoms with Crippen molar-refractivity contribution >= 4 is 5.97 Å². The van der Waals surface area contributed by atoms with Crippen LogP contribution in [0, 0.1) is 11.8 Å². The molecular weight excluding hydrogens is 164 g/mol. The van der Waals surface area contributed by atoms with Gasteiger partial charge in [0, 0.05) is 0 Å². The average Bonchev–Trinajstić information content (AvgIpc) is 2.87. The fraction of sp³-hybridized carbons (Fsp3) is 0.909. The van der Waals surface area contributed by atoms with Crippen molar-refractivity contribution in [1.29, 1.82) is 0 Å². The number of carboxylic acids is 1. The van der Waals surface area contributed by atoms with Gasteiger partial charge in [-0.1, -0.05) is 32.6 Å². The molecule has 13 heavy (non-hydrogen) atoms. The molecule has 76 valence electrons. The second-order valence-electron chi connectivity index (χ2n) is 4.13. The summed E-state index contributed by atoms with van der Waals surface area (Å²) in [6.07, 6.45) is 7.96. The lowest BCUT2D eigenvalue weighted by Gasteiger charge is -2.09. The Morgan fingerprint density at radius 2 is 2.08 bits per heavy atom. The maximum Gasteiger partial charge on any atom is 0.306 e. The molecule has 1 N–H and O–H groups in total. The summed E-state index contributed by atoms with van der Waals surface area (Å²) >= 11 is 0. The highest BCUT2D eigenvalue weighted by Gasteiger charge is 2.35. The van der Waals surface area contributed by atoms with E-state index in [1.54, 1.807) is 0 Å². The van der Waals surface area contributed by atoms with Crippen LogP contribution in [-0.4, -0.2) is 11.1 Å². The number of carboxylic acid groups (broad SMARTS) is 1. The minimum Gasteiger partial charge on any atom is -0.481 e. The number of rotatable bonds is 7. The van der Waals surface area contributed by atoms with Gasteiger partial charge in [0.2, 0.25) is 0 Å². The summed E-state index contributed by atoms with van der Waals surface area (Å²) in [7, 11) is 0. The fourth-order valence-corrected chi connectivity index (χ4v) is 1.85. The summed E-state index contributed by atoms with van der Waals surface area (Å²) < 4.78 is 0. The lowest BCUT2D eigenvalue weighted by Crippen LogP contribution is -2.15. The lowest BCUT2D eigenvalue weighted by atomic mass is 9.96. The molecule has 1 unspecified atom stereocenters. The summed E-state index contributed by atoms with van der Waals surface area (Å²) in [6, 6.07) is 0. The second kappa shape index (κ2) is 5.25. The molecule has 1 fully saturated rings. The van der Waals surface area contributed by atoms with Crippen molar-refractivity contribution in [1.82, 2.24) is 0 Å². The van der Waals surface area contributed by atoms with Gasteiger partial charge in [-0.3, -0.25) is 4.79 Å². The number of aliphatic carboxylic acids is 1. The van der Waals surface area contributed by atoms with Gasteiger partial charge in [0.15, 0.2) is 0 Å². The van der Waals surface area contributed by atoms with Gasteiger partial charge in [0.05, 0.1) is 5.92 Å². The molecule has 0 saturated heterocycles. The predicted molar refractivity (Wildman–Crippen MR) is 52.6 cm³/mol. The maximum absolute atomic E-state index is 10.8. The molecule has 0 aromatic carbocycles. The first-order valence-electron chi connectivity index (χ1n) is 5.48. The van der Waals surface area contributed by atoms with Crippen molar-refractivity contribution in [3.63, 3.8) is 0 Å². The minimum absolute atomic E-state index is 0.0307. The SMILES string of the molecule is CCCCCCC(C(=O)O)C1CC1. The average molecular weight is 184 g/mol. The Morgan fingerprint density at radius 1 is 1.38 bits per heavy atom. The third-order valence-electron chi connectivity index (χ3n) is 2.88. The number of unbranched alkanes of at least 4 members (excludes halogenated alkanes) is 3. The smallest absolute Gasteiger partial charge is 0.306 e. The van der Waals surface area contributed by atoms with E-state index in [2.05, 4.69) is 6.92 Å². The maximum atomic E-state index is 10.8. The van der Waals surface area contributed by atoms with Gasteiger partial charge in [-0.05, 0) is 25.2 Å². The van der Waals surface area contributed by atoms with Gasteiger partial charge in [-0.2, -0.15) is 0 Å². The molecule has 0 amide bonds. The topological polar surface area (TPSA) is 37.3 Å². The molecule has 1 saturated carbocycles. The van der Waals surface area contributed by atoms with Crippen LogP contribution in [0.3, 0.4) is 0 Å². The monoisotopic (exact) mass is 184 g/mol. The Hall–Kier alpha value is -0.530. The first-order valence-corrected chi connectivity index (χ1v) is 5.48. The van der Waals surface area contributed by atoms with Gasteiger partial charge in [-0.15, -0.1) is 0 Å². The first-order chi connectivity index (χ1) is 6.25. The molecule has 2 nitrogen and oxygen atoms in total. The molecule has 0 radical (unpaired) electrons. The largest absolute Gasteiger partial charge is 0.481 e. The van der Waals surface area contributed by atoms with E-state index in [0.29, 0.717) is 5.92 Å². The van der Waals surface area contributed by atoms with Crippen LogP contribution >= 0.6 is 0 Å². The Labute approximate surface area is 80.3 Å². The highest BCUT2D eigenvalue weighted by Crippen LogP contribution is 2.39. The molecular formula is C11H20O2. The molecule has 0 aromatic heterocycles. The third-order valence-corrected chi connectivity index (χ3v) is 2.88. The zero-order valence-corrected chi connectivity index (χ0v) is 8.46. The summed E-state index contributed by atoms with van der Waals surface area (Å²) in [6.45, 7) is 2.18. The molecule has 0 spiro atoms. The van der Waals surface area contributed by atoms with Gasteiger partial charge in [-0.25, -0.2) is 0 Å². The number of carbonyl (C=O) groups is 1. The van der Waals surface area contributed by atoms with E-state index >= 15 is 0 Å². The Morgan fingerprint density at radius 3 is 2.54 bits per heavy atom. The van der Waals surface area contributed by atoms with Crippen molar-refractivity contribution in [2.75, 3.05) is 0 Å². The quantitative estimate of drug-likeness (QED) is 0.617. The summed E-state index contributed by atoms with van der Waals surface area (Å²) in [5.74, 6) is -0.0880. The van der Waals surface area contributed by atoms with Crippen molar-refractivity contribution in [2.45, 2.75) is 51.9 Å². The van der Waals surface area contributed by atoms with Gasteiger partial charge < -0.3 is 5.11 Å². The van der Waals surface area contributed by atoms with E-state index in [-0.39, 0.29) is 5.92 Å². The molecule has 1 aliphatic rings. The predicted octanol–water partition coefficient (Wildman–Crippen LogP) is 3.07. The van der Waals surface area contributed by atoms with E-state index in [1.165, 1.54) is 19.3 Å². The highest BCUT2D eigenvalue weighted by molar-refractivity contribution is 5.70. The van der Waals surface area contributed by atoms with Crippen molar-refractivity contribution < 1.29 is 9.90 Å². The number of hydrogen-bond acceptors (Lipinski definition) is 1. The number of hydrogen-bond donors (Lipinski definition) is 1. The van der Waals surface area contributed by atoms with Gasteiger partial charge in [0.1, 0.15) is 0 Å². The zero-order chi connectivity index (χ0) is 9.68. The van der Waals surface area contributed by atoms with Crippen LogP contribution in [0.25, 0.3) is 0 Å². The minimum atomic E-state index is -0.570. The van der Waals surface area contributed by atoms with Crippen LogP contribution < -0.4 is 0 Å². The van der Waals surface area contributed by atoms with E-state index in [0.717, 1.165) is 25.7 Å². The molecule has 1 atom stereocenters. The fourth-order valence-electron chi connectivity index (χ4n) is 1.85. The van der Waals surface area contributed by atoms with Crippen LogP contribution in [0.4, 0.5) is 0 Å². The van der Waals surface area contributed by atoms with Gasteiger partial charge >= 0.3 is 5.97 Å². The van der Waals surface area contributed by atoms with Crippen LogP contribution in [0.15, 0.2) is 0 Å². The Kier molecular flexibility index (Phi) is 4.26. The summed E-state index contributed by atoms with van der Waals surface area (Å²) in [5.41, 5.74) is 0. The molecule has 0 bridgehead atoms. The van der Waals surface area contributed by atoms with Crippen LogP contribution in [0.2, 0.25) is 0 Å². The molecule has 0 aromatic rings. The van der Waals surface area contributed by atoms with Crippen molar-refractivity contribution in [3.8, 4) is 0 Å². The third kappa shape index (κ3) is 3.79. The molecule has 0 heterocycles. The van der Waals surface area contributed by atoms with Crippen LogP contribution in [0.1, 0.15) is 51.9 Å². The Balaban J connectivity index is 2.11. The van der Waals surface area contributed by atoms with E-state index in [1.807, 2.05) is 0 Å². The Bertz CT molecular complexity index is 161. The summed E-state index contributed by atoms with van der Waals surface area (Å²) in [5, 5.41) is 8.94. The van der Waals surface area contributed by atoms with E-state index in [4.69, 9.17) is 5.11 Å². The second-order valence-corrected chi connectivity index (χ2v) is 4.13. The zero-order valence-electron chi connectivity index (χ0n) is 8.46. The van der Waals surface area contributed by atoms with Crippen LogP contribution in [-0.2, 0) is 4.79 Å². The lowest BCUT2D eigenvalue weighted by molar-refractivity contribution is -0.142. The normalized spacial score (nSPS) is 18.5. The van der Waals surface area contributed by atoms with E-state index < -0.39 is 5.97 Å². The van der Waals surface area contributed by atoms with Gasteiger partial charge in [0.25, 0.3) is 0 Å². The van der Waals surface area contributed by atoms with Crippen molar-refractivity contribution in [2.24, 2.45) is 11.8 Å². The molecule has 0 aliphatic heterocycles. The van der Waals surface area contributed by atoms with Crippen molar-refractivity contribution in [3.05, 3.63) is 0 Å². The van der Waals surface area contributed by atoms with Crippen LogP contribution in [0.5, 0.6) is 0 Å². The standard InChI is InChI=1S/C11H20O2/c1-2-3-4-5-6-10(11(12)13)9-7-8-9/h9-10H,2-8H2,1H3,(H,12,13).